The van der Waals surface area contributed by atoms with Gasteiger partial charge in [0.1, 0.15) is 5.82 Å². The van der Waals surface area contributed by atoms with E-state index in [9.17, 15) is 0 Å². The Morgan fingerprint density at radius 3 is 2.47 bits per heavy atom. The molecule has 1 aromatic heterocycles. The van der Waals surface area contributed by atoms with Crippen molar-refractivity contribution >= 4 is 5.82 Å². The molecule has 0 amide bonds. The first kappa shape index (κ1) is 15.9. The highest BCUT2D eigenvalue weighted by Crippen LogP contribution is 2.15. The molecule has 0 aliphatic heterocycles. The summed E-state index contributed by atoms with van der Waals surface area (Å²) >= 11 is 0. The van der Waals surface area contributed by atoms with Crippen molar-refractivity contribution < 1.29 is 0 Å². The molecule has 19 heavy (non-hydrogen) atoms. The third-order valence-corrected chi connectivity index (χ3v) is 3.09. The molecule has 1 aromatic rings. The molecule has 0 radical (unpaired) electrons. The number of anilines is 1. The van der Waals surface area contributed by atoms with Crippen molar-refractivity contribution in [3.8, 4) is 0 Å². The highest BCUT2D eigenvalue weighted by atomic mass is 15.2. The number of hydrogen-bond donors (Lipinski definition) is 1. The van der Waals surface area contributed by atoms with Crippen LogP contribution in [0.4, 0.5) is 5.82 Å². The molecule has 0 fully saturated rings. The third-order valence-electron chi connectivity index (χ3n) is 3.09. The van der Waals surface area contributed by atoms with Crippen LogP contribution in [0, 0.1) is 0 Å². The van der Waals surface area contributed by atoms with E-state index < -0.39 is 0 Å². The van der Waals surface area contributed by atoms with Crippen molar-refractivity contribution in [2.45, 2.75) is 26.3 Å². The minimum atomic E-state index is 0.897. The number of aryl methyl sites for hydroxylation is 1. The summed E-state index contributed by atoms with van der Waals surface area (Å²) in [6.45, 7) is 5.13. The van der Waals surface area contributed by atoms with Crippen LogP contribution >= 0.6 is 0 Å². The van der Waals surface area contributed by atoms with Gasteiger partial charge in [0.05, 0.1) is 0 Å². The van der Waals surface area contributed by atoms with Crippen LogP contribution in [0.5, 0.6) is 0 Å². The van der Waals surface area contributed by atoms with Crippen LogP contribution in [0.15, 0.2) is 12.1 Å². The second-order valence-corrected chi connectivity index (χ2v) is 5.33. The molecular weight excluding hydrogens is 236 g/mol. The average molecular weight is 264 g/mol. The van der Waals surface area contributed by atoms with E-state index in [4.69, 9.17) is 4.98 Å². The van der Waals surface area contributed by atoms with E-state index >= 15 is 0 Å². The van der Waals surface area contributed by atoms with Crippen molar-refractivity contribution in [3.63, 3.8) is 0 Å². The highest BCUT2D eigenvalue weighted by Gasteiger charge is 2.07. The van der Waals surface area contributed by atoms with E-state index in [0.29, 0.717) is 0 Å². The molecule has 0 atom stereocenters. The molecule has 1 heterocycles. The quantitative estimate of drug-likeness (QED) is 0.775. The zero-order chi connectivity index (χ0) is 14.3. The first-order valence-corrected chi connectivity index (χ1v) is 7.07. The Hall–Kier alpha value is -1.13. The highest BCUT2D eigenvalue weighted by molar-refractivity contribution is 5.42. The molecule has 1 N–H and O–H groups in total. The molecule has 1 rings (SSSR count). The zero-order valence-corrected chi connectivity index (χ0v) is 13.0. The fraction of sp³-hybridized carbons (Fsp3) is 0.667. The van der Waals surface area contributed by atoms with Crippen LogP contribution in [0.3, 0.4) is 0 Å². The zero-order valence-electron chi connectivity index (χ0n) is 13.0. The van der Waals surface area contributed by atoms with E-state index in [1.54, 1.807) is 0 Å². The Kier molecular flexibility index (Phi) is 6.81. The SMILES string of the molecule is CCCc1cc(CNC)cc(N(C)CCN(C)C)n1. The molecule has 0 saturated carbocycles. The summed E-state index contributed by atoms with van der Waals surface area (Å²) in [7, 11) is 8.29. The number of rotatable bonds is 8. The molecule has 0 bridgehead atoms. The topological polar surface area (TPSA) is 31.4 Å². The van der Waals surface area contributed by atoms with E-state index in [1.807, 2.05) is 7.05 Å². The third kappa shape index (κ3) is 5.57. The van der Waals surface area contributed by atoms with Crippen LogP contribution < -0.4 is 10.2 Å². The van der Waals surface area contributed by atoms with Gasteiger partial charge < -0.3 is 15.1 Å². The molecule has 0 aliphatic carbocycles. The summed E-state index contributed by atoms with van der Waals surface area (Å²) in [6.07, 6.45) is 2.18. The van der Waals surface area contributed by atoms with Crippen LogP contribution in [0.1, 0.15) is 24.6 Å². The molecule has 4 nitrogen and oxygen atoms in total. The predicted molar refractivity (Wildman–Crippen MR) is 82.8 cm³/mol. The molecule has 0 unspecified atom stereocenters. The van der Waals surface area contributed by atoms with Gasteiger partial charge in [0.15, 0.2) is 0 Å². The normalized spacial score (nSPS) is 11.1. The Balaban J connectivity index is 2.84. The molecule has 0 saturated heterocycles. The Labute approximate surface area is 117 Å². The molecule has 0 spiro atoms. The summed E-state index contributed by atoms with van der Waals surface area (Å²) in [4.78, 5) is 9.19. The van der Waals surface area contributed by atoms with E-state index in [-0.39, 0.29) is 0 Å². The van der Waals surface area contributed by atoms with Gasteiger partial charge in [0.2, 0.25) is 0 Å². The smallest absolute Gasteiger partial charge is 0.128 e. The first-order chi connectivity index (χ1) is 9.06. The van der Waals surface area contributed by atoms with Crippen molar-refractivity contribution in [1.29, 1.82) is 0 Å². The second kappa shape index (κ2) is 8.12. The van der Waals surface area contributed by atoms with E-state index in [2.05, 4.69) is 55.3 Å². The summed E-state index contributed by atoms with van der Waals surface area (Å²) in [5.74, 6) is 1.08. The lowest BCUT2D eigenvalue weighted by Crippen LogP contribution is -2.29. The van der Waals surface area contributed by atoms with Gasteiger partial charge in [-0.15, -0.1) is 0 Å². The average Bonchev–Trinajstić information content (AvgIpc) is 2.36. The van der Waals surface area contributed by atoms with Gasteiger partial charge in [-0.3, -0.25) is 0 Å². The Bertz CT molecular complexity index is 352. The summed E-state index contributed by atoms with van der Waals surface area (Å²) in [6, 6.07) is 4.40. The lowest BCUT2D eigenvalue weighted by atomic mass is 10.1. The lowest BCUT2D eigenvalue weighted by Gasteiger charge is -2.22. The van der Waals surface area contributed by atoms with Gasteiger partial charge in [0.25, 0.3) is 0 Å². The first-order valence-electron chi connectivity index (χ1n) is 7.07. The number of nitrogens with zero attached hydrogens (tertiary/aromatic N) is 3. The second-order valence-electron chi connectivity index (χ2n) is 5.33. The van der Waals surface area contributed by atoms with E-state index in [1.165, 1.54) is 11.3 Å². The van der Waals surface area contributed by atoms with Crippen LogP contribution in [-0.4, -0.2) is 51.2 Å². The molecule has 108 valence electrons. The maximum absolute atomic E-state index is 4.76. The van der Waals surface area contributed by atoms with Gasteiger partial charge in [-0.1, -0.05) is 13.3 Å². The van der Waals surface area contributed by atoms with E-state index in [0.717, 1.165) is 38.3 Å². The minimum absolute atomic E-state index is 0.897. The van der Waals surface area contributed by atoms with Gasteiger partial charge >= 0.3 is 0 Å². The number of hydrogen-bond acceptors (Lipinski definition) is 4. The monoisotopic (exact) mass is 264 g/mol. The predicted octanol–water partition coefficient (Wildman–Crippen LogP) is 1.75. The van der Waals surface area contributed by atoms with Crippen molar-refractivity contribution in [2.24, 2.45) is 0 Å². The standard InChI is InChI=1S/C15H28N4/c1-6-7-14-10-13(12-16-2)11-15(17-14)19(5)9-8-18(3)4/h10-11,16H,6-9,12H2,1-5H3. The number of aromatic nitrogens is 1. The van der Waals surface area contributed by atoms with Crippen molar-refractivity contribution in [3.05, 3.63) is 23.4 Å². The van der Waals surface area contributed by atoms with Gasteiger partial charge in [-0.25, -0.2) is 4.98 Å². The largest absolute Gasteiger partial charge is 0.358 e. The summed E-state index contributed by atoms with van der Waals surface area (Å²) in [5.41, 5.74) is 2.51. The Morgan fingerprint density at radius 2 is 1.89 bits per heavy atom. The van der Waals surface area contributed by atoms with Crippen LogP contribution in [-0.2, 0) is 13.0 Å². The number of nitrogens with one attached hydrogen (secondary N) is 1. The van der Waals surface area contributed by atoms with Crippen molar-refractivity contribution in [2.75, 3.05) is 46.2 Å². The van der Waals surface area contributed by atoms with Gasteiger partial charge in [0, 0.05) is 32.4 Å². The lowest BCUT2D eigenvalue weighted by molar-refractivity contribution is 0.416. The maximum Gasteiger partial charge on any atom is 0.128 e. The number of likely N-dealkylation sites (N-methyl/N-ethyl adjacent to an activating group) is 2. The minimum Gasteiger partial charge on any atom is -0.358 e. The molecular formula is C15H28N4. The molecule has 0 aliphatic rings. The fourth-order valence-corrected chi connectivity index (χ4v) is 1.98. The van der Waals surface area contributed by atoms with Crippen LogP contribution in [0.2, 0.25) is 0 Å². The molecule has 0 aromatic carbocycles. The Morgan fingerprint density at radius 1 is 1.16 bits per heavy atom. The molecule has 4 heteroatoms. The van der Waals surface area contributed by atoms with Gasteiger partial charge in [-0.05, 0) is 45.3 Å². The summed E-state index contributed by atoms with van der Waals surface area (Å²) < 4.78 is 0. The van der Waals surface area contributed by atoms with Gasteiger partial charge in [-0.2, -0.15) is 0 Å². The maximum atomic E-state index is 4.76. The van der Waals surface area contributed by atoms with Crippen LogP contribution in [0.25, 0.3) is 0 Å². The fourth-order valence-electron chi connectivity index (χ4n) is 1.98. The van der Waals surface area contributed by atoms with Crippen molar-refractivity contribution in [1.82, 2.24) is 15.2 Å². The summed E-state index contributed by atoms with van der Waals surface area (Å²) in [5, 5.41) is 3.22. The number of pyridine rings is 1.